The molecule has 0 heterocycles. The second-order valence-corrected chi connectivity index (χ2v) is 3.87. The van der Waals surface area contributed by atoms with E-state index >= 15 is 0 Å². The van der Waals surface area contributed by atoms with Crippen molar-refractivity contribution in [2.24, 2.45) is 0 Å². The van der Waals surface area contributed by atoms with Crippen molar-refractivity contribution < 1.29 is 4.74 Å². The summed E-state index contributed by atoms with van der Waals surface area (Å²) in [7, 11) is 4.16. The third kappa shape index (κ3) is 8.26. The molecule has 0 atom stereocenters. The van der Waals surface area contributed by atoms with Gasteiger partial charge in [-0.2, -0.15) is 0 Å². The molecule has 0 N–H and O–H groups in total. The van der Waals surface area contributed by atoms with Gasteiger partial charge in [-0.3, -0.25) is 0 Å². The maximum absolute atomic E-state index is 5.79. The van der Waals surface area contributed by atoms with Gasteiger partial charge >= 0.3 is 0 Å². The van der Waals surface area contributed by atoms with Gasteiger partial charge in [0.1, 0.15) is 0 Å². The number of ether oxygens (including phenoxy) is 1. The summed E-state index contributed by atoms with van der Waals surface area (Å²) in [6, 6.07) is 0. The predicted octanol–water partition coefficient (Wildman–Crippen LogP) is 2.53. The summed E-state index contributed by atoms with van der Waals surface area (Å²) in [5.41, 5.74) is 0. The highest BCUT2D eigenvalue weighted by molar-refractivity contribution is 4.56. The van der Waals surface area contributed by atoms with Crippen molar-refractivity contribution in [3.05, 3.63) is 0 Å². The molecule has 0 unspecified atom stereocenters. The first kappa shape index (κ1) is 12.9. The number of rotatable bonds is 8. The lowest BCUT2D eigenvalue weighted by molar-refractivity contribution is 0.0327. The molecule has 13 heavy (non-hydrogen) atoms. The maximum atomic E-state index is 5.79. The zero-order chi connectivity index (χ0) is 10.1. The minimum Gasteiger partial charge on any atom is -0.377 e. The van der Waals surface area contributed by atoms with Crippen molar-refractivity contribution in [3.8, 4) is 0 Å². The minimum absolute atomic E-state index is 0.495. The Morgan fingerprint density at radius 3 is 2.00 bits per heavy atom. The van der Waals surface area contributed by atoms with Crippen molar-refractivity contribution >= 4 is 0 Å². The van der Waals surface area contributed by atoms with Crippen LogP contribution in [0.15, 0.2) is 0 Å². The quantitative estimate of drug-likeness (QED) is 0.579. The van der Waals surface area contributed by atoms with Gasteiger partial charge in [0.2, 0.25) is 0 Å². The maximum Gasteiger partial charge on any atom is 0.0596 e. The standard InChI is InChI=1S/C11H25NO/c1-5-7-11(8-6-2)13-10-9-12(3)4/h11H,5-10H2,1-4H3. The highest BCUT2D eigenvalue weighted by atomic mass is 16.5. The zero-order valence-corrected chi connectivity index (χ0v) is 9.68. The van der Waals surface area contributed by atoms with Crippen molar-refractivity contribution in [2.75, 3.05) is 27.2 Å². The summed E-state index contributed by atoms with van der Waals surface area (Å²) in [4.78, 5) is 2.16. The third-order valence-corrected chi connectivity index (χ3v) is 2.11. The topological polar surface area (TPSA) is 12.5 Å². The van der Waals surface area contributed by atoms with Gasteiger partial charge in [-0.25, -0.2) is 0 Å². The Hall–Kier alpha value is -0.0800. The molecular weight excluding hydrogens is 162 g/mol. The van der Waals surface area contributed by atoms with Crippen molar-refractivity contribution in [1.82, 2.24) is 4.90 Å². The van der Waals surface area contributed by atoms with E-state index in [1.54, 1.807) is 0 Å². The van der Waals surface area contributed by atoms with Crippen LogP contribution in [-0.4, -0.2) is 38.3 Å². The number of nitrogens with zero attached hydrogens (tertiary/aromatic N) is 1. The van der Waals surface area contributed by atoms with E-state index in [1.807, 2.05) is 0 Å². The molecule has 0 bridgehead atoms. The molecule has 0 aromatic rings. The molecule has 0 spiro atoms. The second-order valence-electron chi connectivity index (χ2n) is 3.87. The van der Waals surface area contributed by atoms with Crippen LogP contribution in [0.3, 0.4) is 0 Å². The van der Waals surface area contributed by atoms with Crippen LogP contribution in [0.4, 0.5) is 0 Å². The van der Waals surface area contributed by atoms with Crippen molar-refractivity contribution in [1.29, 1.82) is 0 Å². The zero-order valence-electron chi connectivity index (χ0n) is 9.68. The molecule has 0 aliphatic rings. The van der Waals surface area contributed by atoms with Crippen LogP contribution < -0.4 is 0 Å². The fourth-order valence-electron chi connectivity index (χ4n) is 1.36. The average Bonchev–Trinajstić information content (AvgIpc) is 2.04. The summed E-state index contributed by atoms with van der Waals surface area (Å²) < 4.78 is 5.79. The van der Waals surface area contributed by atoms with Gasteiger partial charge in [0.05, 0.1) is 12.7 Å². The average molecular weight is 187 g/mol. The summed E-state index contributed by atoms with van der Waals surface area (Å²) in [5, 5.41) is 0. The highest BCUT2D eigenvalue weighted by Crippen LogP contribution is 2.08. The largest absolute Gasteiger partial charge is 0.377 e. The smallest absolute Gasteiger partial charge is 0.0596 e. The molecule has 0 aromatic heterocycles. The Morgan fingerprint density at radius 2 is 1.62 bits per heavy atom. The van der Waals surface area contributed by atoms with E-state index in [0.717, 1.165) is 13.2 Å². The molecule has 0 saturated heterocycles. The van der Waals surface area contributed by atoms with Crippen LogP contribution in [0.25, 0.3) is 0 Å². The molecule has 0 aliphatic heterocycles. The Kier molecular flexibility index (Phi) is 8.46. The van der Waals surface area contributed by atoms with Gasteiger partial charge in [-0.1, -0.05) is 26.7 Å². The monoisotopic (exact) mass is 187 g/mol. The summed E-state index contributed by atoms with van der Waals surface area (Å²) in [5.74, 6) is 0. The molecule has 0 aliphatic carbocycles. The second kappa shape index (κ2) is 8.52. The SMILES string of the molecule is CCCC(CCC)OCCN(C)C. The molecule has 0 radical (unpaired) electrons. The Balaban J connectivity index is 3.44. The van der Waals surface area contributed by atoms with E-state index in [0.29, 0.717) is 6.10 Å². The third-order valence-electron chi connectivity index (χ3n) is 2.11. The molecule has 0 fully saturated rings. The lowest BCUT2D eigenvalue weighted by atomic mass is 10.1. The van der Waals surface area contributed by atoms with E-state index in [1.165, 1.54) is 25.7 Å². The molecule has 2 heteroatoms. The summed E-state index contributed by atoms with van der Waals surface area (Å²) in [6.45, 7) is 6.34. The molecule has 0 amide bonds. The van der Waals surface area contributed by atoms with Gasteiger partial charge in [0.15, 0.2) is 0 Å². The van der Waals surface area contributed by atoms with E-state index in [9.17, 15) is 0 Å². The lowest BCUT2D eigenvalue weighted by Gasteiger charge is -2.18. The van der Waals surface area contributed by atoms with E-state index in [-0.39, 0.29) is 0 Å². The number of likely N-dealkylation sites (N-methyl/N-ethyl adjacent to an activating group) is 1. The van der Waals surface area contributed by atoms with Crippen LogP contribution in [-0.2, 0) is 4.74 Å². The molecule has 0 rings (SSSR count). The molecule has 80 valence electrons. The van der Waals surface area contributed by atoms with Gasteiger partial charge in [0.25, 0.3) is 0 Å². The van der Waals surface area contributed by atoms with Gasteiger partial charge in [-0.05, 0) is 26.9 Å². The summed E-state index contributed by atoms with van der Waals surface area (Å²) >= 11 is 0. The normalized spacial score (nSPS) is 11.5. The van der Waals surface area contributed by atoms with Gasteiger partial charge in [0, 0.05) is 6.54 Å². The fourth-order valence-corrected chi connectivity index (χ4v) is 1.36. The lowest BCUT2D eigenvalue weighted by Crippen LogP contribution is -2.22. The molecule has 0 saturated carbocycles. The van der Waals surface area contributed by atoms with E-state index in [4.69, 9.17) is 4.74 Å². The van der Waals surface area contributed by atoms with E-state index in [2.05, 4.69) is 32.8 Å². The van der Waals surface area contributed by atoms with E-state index < -0.39 is 0 Å². The van der Waals surface area contributed by atoms with Crippen LogP contribution in [0.2, 0.25) is 0 Å². The van der Waals surface area contributed by atoms with Gasteiger partial charge in [-0.15, -0.1) is 0 Å². The first-order valence-electron chi connectivity index (χ1n) is 5.47. The van der Waals surface area contributed by atoms with Crippen molar-refractivity contribution in [2.45, 2.75) is 45.6 Å². The number of hydrogen-bond acceptors (Lipinski definition) is 2. The first-order chi connectivity index (χ1) is 6.20. The van der Waals surface area contributed by atoms with Crippen LogP contribution in [0.5, 0.6) is 0 Å². The predicted molar refractivity (Wildman–Crippen MR) is 58.1 cm³/mol. The first-order valence-corrected chi connectivity index (χ1v) is 5.47. The van der Waals surface area contributed by atoms with Gasteiger partial charge < -0.3 is 9.64 Å². The highest BCUT2D eigenvalue weighted by Gasteiger charge is 2.06. The van der Waals surface area contributed by atoms with Crippen LogP contribution >= 0.6 is 0 Å². The van der Waals surface area contributed by atoms with Crippen LogP contribution in [0.1, 0.15) is 39.5 Å². The Labute approximate surface area is 83.3 Å². The van der Waals surface area contributed by atoms with Crippen LogP contribution in [0, 0.1) is 0 Å². The minimum atomic E-state index is 0.495. The fraction of sp³-hybridized carbons (Fsp3) is 1.00. The Morgan fingerprint density at radius 1 is 1.08 bits per heavy atom. The Bertz CT molecular complexity index is 98.3. The molecule has 0 aromatic carbocycles. The summed E-state index contributed by atoms with van der Waals surface area (Å²) in [6.07, 6.45) is 5.37. The molecule has 2 nitrogen and oxygen atoms in total. The molecular formula is C11H25NO. The number of hydrogen-bond donors (Lipinski definition) is 0. The van der Waals surface area contributed by atoms with Crippen molar-refractivity contribution in [3.63, 3.8) is 0 Å².